The van der Waals surface area contributed by atoms with Gasteiger partial charge in [-0.15, -0.1) is 5.10 Å². The van der Waals surface area contributed by atoms with E-state index in [1.54, 1.807) is 0 Å². The van der Waals surface area contributed by atoms with Crippen molar-refractivity contribution >= 4 is 29.0 Å². The molecule has 0 aliphatic carbocycles. The van der Waals surface area contributed by atoms with Crippen LogP contribution in [0.5, 0.6) is 11.8 Å². The summed E-state index contributed by atoms with van der Waals surface area (Å²) in [5.74, 6) is -2.29. The normalized spacial score (nSPS) is 12.8. The fourth-order valence-corrected chi connectivity index (χ4v) is 3.08. The highest BCUT2D eigenvalue weighted by Gasteiger charge is 2.39. The van der Waals surface area contributed by atoms with E-state index in [4.69, 9.17) is 14.2 Å². The molecule has 17 heteroatoms. The van der Waals surface area contributed by atoms with Crippen molar-refractivity contribution in [2.75, 3.05) is 4.90 Å². The molecule has 0 atom stereocenters. The maximum absolute atomic E-state index is 13.4. The van der Waals surface area contributed by atoms with Gasteiger partial charge >= 0.3 is 24.5 Å². The predicted molar refractivity (Wildman–Crippen MR) is 126 cm³/mol. The van der Waals surface area contributed by atoms with Crippen molar-refractivity contribution in [3.63, 3.8) is 0 Å². The van der Waals surface area contributed by atoms with Gasteiger partial charge in [0.1, 0.15) is 29.5 Å². The minimum absolute atomic E-state index is 0.243. The number of anilines is 1. The summed E-state index contributed by atoms with van der Waals surface area (Å²) in [6.07, 6.45) is -10.8. The summed E-state index contributed by atoms with van der Waals surface area (Å²) in [6.45, 7) is 7.15. The zero-order valence-electron chi connectivity index (χ0n) is 22.0. The first-order chi connectivity index (χ1) is 18.1. The summed E-state index contributed by atoms with van der Waals surface area (Å²) in [5.41, 5.74) is -3.99. The van der Waals surface area contributed by atoms with Gasteiger partial charge in [-0.05, 0) is 47.6 Å². The minimum atomic E-state index is -4.88. The van der Waals surface area contributed by atoms with Gasteiger partial charge in [0.05, 0.1) is 5.56 Å². The van der Waals surface area contributed by atoms with Crippen LogP contribution in [0.2, 0.25) is 0 Å². The Hall–Kier alpha value is -4.18. The number of alkyl halides is 6. The van der Waals surface area contributed by atoms with E-state index < -0.39 is 76.5 Å². The number of imide groups is 1. The fourth-order valence-electron chi connectivity index (χ4n) is 3.08. The average Bonchev–Trinajstić information content (AvgIpc) is 3.07. The van der Waals surface area contributed by atoms with E-state index in [9.17, 15) is 35.9 Å². The summed E-state index contributed by atoms with van der Waals surface area (Å²) in [7, 11) is 0. The van der Waals surface area contributed by atoms with E-state index in [2.05, 4.69) is 20.1 Å². The number of hydrogen-bond donors (Lipinski definition) is 0. The van der Waals surface area contributed by atoms with Gasteiger partial charge in [0.2, 0.25) is 11.8 Å². The Morgan fingerprint density at radius 1 is 0.900 bits per heavy atom. The lowest BCUT2D eigenvalue weighted by molar-refractivity contribution is -0.143. The van der Waals surface area contributed by atoms with Gasteiger partial charge in [-0.25, -0.2) is 29.2 Å². The molecule has 0 radical (unpaired) electrons. The SMILES string of the molecule is CC(C)(C)OC(=O)N(C(=O)OC(C)(C)C)c1ncnc2nn(CC(F)(F)F)c(Oc3cc(C(F)(F)F)ccn3)c12. The lowest BCUT2D eigenvalue weighted by Gasteiger charge is -2.28. The van der Waals surface area contributed by atoms with Gasteiger partial charge in [-0.3, -0.25) is 0 Å². The van der Waals surface area contributed by atoms with Crippen LogP contribution >= 0.6 is 0 Å². The topological polar surface area (TPSA) is 122 Å². The van der Waals surface area contributed by atoms with Crippen molar-refractivity contribution in [3.05, 3.63) is 30.2 Å². The standard InChI is InChI=1S/C23H24F6N6O5/c1-20(2,3)39-18(36)35(19(37)40-21(4,5)6)16-14-15(31-11-32-16)33-34(10-22(24,25)26)17(14)38-13-9-12(7-8-30-13)23(27,28)29/h7-9,11H,10H2,1-6H3. The number of halogens is 6. The summed E-state index contributed by atoms with van der Waals surface area (Å²) in [5, 5.41) is 3.18. The maximum Gasteiger partial charge on any atom is 0.425 e. The molecule has 2 amide bonds. The summed E-state index contributed by atoms with van der Waals surface area (Å²) in [4.78, 5) is 37.9. The van der Waals surface area contributed by atoms with Crippen LogP contribution in [0.1, 0.15) is 47.1 Å². The molecule has 11 nitrogen and oxygen atoms in total. The first-order valence-corrected chi connectivity index (χ1v) is 11.4. The molecule has 3 aromatic rings. The number of carbonyl (C=O) groups is 2. The lowest BCUT2D eigenvalue weighted by Crippen LogP contribution is -2.44. The highest BCUT2D eigenvalue weighted by Crippen LogP contribution is 2.38. The van der Waals surface area contributed by atoms with Crippen LogP contribution in [0.3, 0.4) is 0 Å². The molecule has 0 fully saturated rings. The van der Waals surface area contributed by atoms with Crippen LogP contribution in [-0.4, -0.2) is 54.3 Å². The van der Waals surface area contributed by atoms with Gasteiger partial charge < -0.3 is 14.2 Å². The monoisotopic (exact) mass is 578 g/mol. The third-order valence-corrected chi connectivity index (χ3v) is 4.43. The minimum Gasteiger partial charge on any atom is -0.443 e. The molecule has 0 spiro atoms. The second-order valence-corrected chi connectivity index (χ2v) is 10.3. The fraction of sp³-hybridized carbons (Fsp3) is 0.478. The second kappa shape index (κ2) is 10.4. The van der Waals surface area contributed by atoms with E-state index in [0.29, 0.717) is 17.0 Å². The molecule has 0 unspecified atom stereocenters. The molecule has 0 aliphatic heterocycles. The molecule has 0 N–H and O–H groups in total. The van der Waals surface area contributed by atoms with Crippen molar-refractivity contribution in [1.82, 2.24) is 24.7 Å². The number of pyridine rings is 1. The number of rotatable bonds is 4. The molecular weight excluding hydrogens is 554 g/mol. The quantitative estimate of drug-likeness (QED) is 0.330. The third kappa shape index (κ3) is 7.69. The van der Waals surface area contributed by atoms with Gasteiger partial charge in [0.15, 0.2) is 11.5 Å². The Kier molecular flexibility index (Phi) is 7.91. The van der Waals surface area contributed by atoms with Gasteiger partial charge in [0, 0.05) is 12.3 Å². The molecule has 218 valence electrons. The number of hydrogen-bond acceptors (Lipinski definition) is 9. The van der Waals surface area contributed by atoms with Crippen LogP contribution in [0.25, 0.3) is 11.0 Å². The molecule has 0 saturated carbocycles. The molecule has 40 heavy (non-hydrogen) atoms. The molecule has 0 aliphatic rings. The number of fused-ring (bicyclic) bond motifs is 1. The first-order valence-electron chi connectivity index (χ1n) is 11.4. The van der Waals surface area contributed by atoms with Gasteiger partial charge in [0.25, 0.3) is 0 Å². The predicted octanol–water partition coefficient (Wildman–Crippen LogP) is 6.27. The largest absolute Gasteiger partial charge is 0.443 e. The molecule has 3 heterocycles. The Morgan fingerprint density at radius 2 is 1.48 bits per heavy atom. The smallest absolute Gasteiger partial charge is 0.425 e. The average molecular weight is 578 g/mol. The molecule has 0 aromatic carbocycles. The maximum atomic E-state index is 13.4. The van der Waals surface area contributed by atoms with E-state index in [-0.39, 0.29) is 4.68 Å². The number of aromatic nitrogens is 5. The number of amides is 2. The van der Waals surface area contributed by atoms with Gasteiger partial charge in [-0.1, -0.05) is 0 Å². The van der Waals surface area contributed by atoms with Crippen molar-refractivity contribution in [1.29, 1.82) is 0 Å². The summed E-state index contributed by atoms with van der Waals surface area (Å²) >= 11 is 0. The molecule has 3 rings (SSSR count). The first kappa shape index (κ1) is 30.4. The van der Waals surface area contributed by atoms with Crippen molar-refractivity contribution in [3.8, 4) is 11.8 Å². The van der Waals surface area contributed by atoms with E-state index in [0.717, 1.165) is 12.5 Å². The van der Waals surface area contributed by atoms with Crippen LogP contribution in [0.4, 0.5) is 41.7 Å². The van der Waals surface area contributed by atoms with Crippen molar-refractivity contribution < 1.29 is 50.1 Å². The summed E-state index contributed by atoms with van der Waals surface area (Å²) < 4.78 is 96.2. The Labute approximate surface area is 223 Å². The summed E-state index contributed by atoms with van der Waals surface area (Å²) in [6, 6.07) is 1.07. The Morgan fingerprint density at radius 3 is 1.98 bits per heavy atom. The van der Waals surface area contributed by atoms with Gasteiger partial charge in [-0.2, -0.15) is 31.2 Å². The number of carbonyl (C=O) groups excluding carboxylic acids is 2. The zero-order valence-corrected chi connectivity index (χ0v) is 22.0. The van der Waals surface area contributed by atoms with E-state index in [1.807, 2.05) is 0 Å². The van der Waals surface area contributed by atoms with E-state index in [1.165, 1.54) is 41.5 Å². The Bertz CT molecular complexity index is 1380. The van der Waals surface area contributed by atoms with Crippen LogP contribution in [-0.2, 0) is 22.2 Å². The molecular formula is C23H24F6N6O5. The molecule has 0 saturated heterocycles. The number of nitrogens with zero attached hydrogens (tertiary/aromatic N) is 6. The van der Waals surface area contributed by atoms with Crippen molar-refractivity contribution in [2.45, 2.75) is 71.6 Å². The van der Waals surface area contributed by atoms with Crippen LogP contribution in [0, 0.1) is 0 Å². The lowest BCUT2D eigenvalue weighted by atomic mass is 10.2. The molecule has 0 bridgehead atoms. The van der Waals surface area contributed by atoms with E-state index >= 15 is 0 Å². The highest BCUT2D eigenvalue weighted by atomic mass is 19.4. The Balaban J connectivity index is 2.29. The van der Waals surface area contributed by atoms with Crippen molar-refractivity contribution in [2.24, 2.45) is 0 Å². The molecule has 3 aromatic heterocycles. The highest BCUT2D eigenvalue weighted by molar-refractivity contribution is 6.14. The van der Waals surface area contributed by atoms with Crippen LogP contribution in [0.15, 0.2) is 24.7 Å². The van der Waals surface area contributed by atoms with Crippen LogP contribution < -0.4 is 9.64 Å². The second-order valence-electron chi connectivity index (χ2n) is 10.3. The number of ether oxygens (including phenoxy) is 3. The third-order valence-electron chi connectivity index (χ3n) is 4.43. The zero-order chi connectivity index (χ0) is 30.3.